The third-order valence-corrected chi connectivity index (χ3v) is 2.58. The Labute approximate surface area is 126 Å². The van der Waals surface area contributed by atoms with E-state index in [1.165, 1.54) is 48.5 Å². The summed E-state index contributed by atoms with van der Waals surface area (Å²) < 4.78 is 92.2. The Balaban J connectivity index is 2.84. The standard InChI is InChI=1S/C16H20N2/c1-17(2)15-11-7-5-9-13(15)14-10-6-8-12-16(14)18(3)4/h5-12H,1-4H3/i1D3,2D3,3D3,4D3. The van der Waals surface area contributed by atoms with E-state index < -0.39 is 27.9 Å². The van der Waals surface area contributed by atoms with Crippen molar-refractivity contribution >= 4 is 11.4 Å². The third-order valence-electron chi connectivity index (χ3n) is 2.58. The Morgan fingerprint density at radius 2 is 1.06 bits per heavy atom. The molecular weight excluding hydrogens is 220 g/mol. The van der Waals surface area contributed by atoms with Gasteiger partial charge >= 0.3 is 0 Å². The predicted molar refractivity (Wildman–Crippen MR) is 80.5 cm³/mol. The second kappa shape index (κ2) is 5.13. The Bertz CT molecular complexity index is 778. The normalized spacial score (nSPS) is 22.9. The van der Waals surface area contributed by atoms with Crippen LogP contribution < -0.4 is 9.80 Å². The van der Waals surface area contributed by atoms with Gasteiger partial charge in [0.2, 0.25) is 0 Å². The van der Waals surface area contributed by atoms with Crippen molar-refractivity contribution in [3.05, 3.63) is 48.5 Å². The fourth-order valence-corrected chi connectivity index (χ4v) is 1.79. The molecule has 0 atom stereocenters. The number of rotatable bonds is 3. The zero-order chi connectivity index (χ0) is 23.1. The van der Waals surface area contributed by atoms with Gasteiger partial charge < -0.3 is 9.80 Å². The largest absolute Gasteiger partial charge is 0.377 e. The summed E-state index contributed by atoms with van der Waals surface area (Å²) in [6.45, 7) is -12.2. The van der Waals surface area contributed by atoms with Crippen molar-refractivity contribution < 1.29 is 16.4 Å². The van der Waals surface area contributed by atoms with Gasteiger partial charge in [-0.25, -0.2) is 0 Å². The third kappa shape index (κ3) is 2.33. The average molecular weight is 252 g/mol. The van der Waals surface area contributed by atoms with Gasteiger partial charge in [0.15, 0.2) is 0 Å². The molecule has 0 saturated carbocycles. The Morgan fingerprint density at radius 1 is 0.667 bits per heavy atom. The second-order valence-electron chi connectivity index (χ2n) is 3.71. The zero-order valence-corrected chi connectivity index (χ0v) is 9.51. The van der Waals surface area contributed by atoms with Crippen LogP contribution in [0.2, 0.25) is 0 Å². The minimum atomic E-state index is -3.04. The Morgan fingerprint density at radius 3 is 1.44 bits per heavy atom. The number of benzene rings is 2. The molecule has 0 spiro atoms. The smallest absolute Gasteiger partial charge is 0.0456 e. The summed E-state index contributed by atoms with van der Waals surface area (Å²) in [5.41, 5.74) is -0.278. The van der Waals surface area contributed by atoms with E-state index in [0.717, 1.165) is 0 Å². The zero-order valence-electron chi connectivity index (χ0n) is 21.5. The molecule has 18 heavy (non-hydrogen) atoms. The first-order chi connectivity index (χ1) is 13.5. The number of hydrogen-bond donors (Lipinski definition) is 0. The van der Waals surface area contributed by atoms with Crippen molar-refractivity contribution in [2.24, 2.45) is 0 Å². The summed E-state index contributed by atoms with van der Waals surface area (Å²) in [5, 5.41) is 0. The molecule has 0 aromatic heterocycles. The van der Waals surface area contributed by atoms with Gasteiger partial charge in [0.1, 0.15) is 0 Å². The van der Waals surface area contributed by atoms with E-state index in [2.05, 4.69) is 0 Å². The highest BCUT2D eigenvalue weighted by molar-refractivity contribution is 5.86. The minimum Gasteiger partial charge on any atom is -0.377 e. The molecule has 2 heteroatoms. The maximum Gasteiger partial charge on any atom is 0.0456 e. The molecule has 94 valence electrons. The molecule has 0 heterocycles. The summed E-state index contributed by atoms with van der Waals surface area (Å²) in [6, 6.07) is 11.3. The minimum absolute atomic E-state index is 0.0684. The maximum atomic E-state index is 7.69. The lowest BCUT2D eigenvalue weighted by molar-refractivity contribution is 1.12. The van der Waals surface area contributed by atoms with E-state index in [4.69, 9.17) is 16.4 Å². The molecule has 0 bridgehead atoms. The molecule has 0 amide bonds. The highest BCUT2D eigenvalue weighted by Crippen LogP contribution is 2.35. The van der Waals surface area contributed by atoms with Crippen molar-refractivity contribution in [3.8, 4) is 11.1 Å². The number of hydrogen-bond acceptors (Lipinski definition) is 2. The van der Waals surface area contributed by atoms with Crippen molar-refractivity contribution in [2.45, 2.75) is 0 Å². The number of anilines is 2. The van der Waals surface area contributed by atoms with E-state index in [1.54, 1.807) is 0 Å². The van der Waals surface area contributed by atoms with Gasteiger partial charge in [0.25, 0.3) is 0 Å². The van der Waals surface area contributed by atoms with Gasteiger partial charge in [0, 0.05) is 66.9 Å². The van der Waals surface area contributed by atoms with Gasteiger partial charge in [0.05, 0.1) is 0 Å². The van der Waals surface area contributed by atoms with E-state index in [0.29, 0.717) is 0 Å². The van der Waals surface area contributed by atoms with Crippen molar-refractivity contribution in [2.75, 3.05) is 37.7 Å². The summed E-state index contributed by atoms with van der Waals surface area (Å²) in [5.74, 6) is 0. The SMILES string of the molecule is [2H]C([2H])([2H])N(c1ccccc1-c1ccccc1N(C([2H])([2H])[2H])C([2H])([2H])[2H])C([2H])([2H])[2H]. The summed E-state index contributed by atoms with van der Waals surface area (Å²) in [6.07, 6.45) is 0. The van der Waals surface area contributed by atoms with E-state index in [-0.39, 0.29) is 32.3 Å². The lowest BCUT2D eigenvalue weighted by Crippen LogP contribution is -2.12. The van der Waals surface area contributed by atoms with Gasteiger partial charge in [-0.05, 0) is 12.1 Å². The Kier molecular flexibility index (Phi) is 1.23. The molecule has 2 nitrogen and oxygen atoms in total. The molecule has 0 aliphatic carbocycles. The van der Waals surface area contributed by atoms with Gasteiger partial charge in [-0.3, -0.25) is 0 Å². The average Bonchev–Trinajstić information content (AvgIpc) is 2.50. The quantitative estimate of drug-likeness (QED) is 0.825. The van der Waals surface area contributed by atoms with Gasteiger partial charge in [-0.15, -0.1) is 0 Å². The summed E-state index contributed by atoms with van der Waals surface area (Å²) in [7, 11) is 0. The fraction of sp³-hybridized carbons (Fsp3) is 0.250. The Hall–Kier alpha value is -1.96. The van der Waals surface area contributed by atoms with Crippen LogP contribution in [0, 0.1) is 0 Å². The van der Waals surface area contributed by atoms with E-state index in [1.807, 2.05) is 0 Å². The van der Waals surface area contributed by atoms with Gasteiger partial charge in [-0.2, -0.15) is 0 Å². The monoisotopic (exact) mass is 252 g/mol. The number of para-hydroxylation sites is 2. The molecule has 2 aromatic rings. The predicted octanol–water partition coefficient (Wildman–Crippen LogP) is 3.49. The highest BCUT2D eigenvalue weighted by atomic mass is 15.1. The fourth-order valence-electron chi connectivity index (χ4n) is 1.79. The molecule has 0 N–H and O–H groups in total. The van der Waals surface area contributed by atoms with Crippen LogP contribution in [-0.2, 0) is 0 Å². The van der Waals surface area contributed by atoms with Crippen LogP contribution in [0.1, 0.15) is 16.4 Å². The van der Waals surface area contributed by atoms with Crippen LogP contribution in [0.15, 0.2) is 48.5 Å². The summed E-state index contributed by atoms with van der Waals surface area (Å²) >= 11 is 0. The molecule has 0 radical (unpaired) electrons. The molecule has 2 rings (SSSR count). The summed E-state index contributed by atoms with van der Waals surface area (Å²) in [4.78, 5) is 0.558. The molecular formula is C16H20N2. The van der Waals surface area contributed by atoms with E-state index >= 15 is 0 Å². The van der Waals surface area contributed by atoms with Crippen LogP contribution in [-0.4, -0.2) is 27.9 Å². The van der Waals surface area contributed by atoms with Crippen LogP contribution in [0.5, 0.6) is 0 Å². The second-order valence-corrected chi connectivity index (χ2v) is 3.71. The van der Waals surface area contributed by atoms with Gasteiger partial charge in [-0.1, -0.05) is 36.4 Å². The van der Waals surface area contributed by atoms with Crippen molar-refractivity contribution in [1.29, 1.82) is 0 Å². The molecule has 2 aromatic carbocycles. The lowest BCUT2D eigenvalue weighted by Gasteiger charge is -2.22. The topological polar surface area (TPSA) is 6.48 Å². The molecule has 0 aliphatic heterocycles. The first kappa shape index (κ1) is 4.30. The number of nitrogens with zero attached hydrogens (tertiary/aromatic N) is 2. The lowest BCUT2D eigenvalue weighted by atomic mass is 10.0. The van der Waals surface area contributed by atoms with Crippen molar-refractivity contribution in [1.82, 2.24) is 0 Å². The van der Waals surface area contributed by atoms with Crippen LogP contribution in [0.25, 0.3) is 11.1 Å². The highest BCUT2D eigenvalue weighted by Gasteiger charge is 2.10. The van der Waals surface area contributed by atoms with E-state index in [9.17, 15) is 0 Å². The van der Waals surface area contributed by atoms with Crippen LogP contribution in [0.3, 0.4) is 0 Å². The molecule has 0 saturated heterocycles. The van der Waals surface area contributed by atoms with Crippen LogP contribution >= 0.6 is 0 Å². The van der Waals surface area contributed by atoms with Crippen molar-refractivity contribution in [3.63, 3.8) is 0 Å². The molecule has 0 fully saturated rings. The first-order valence-electron chi connectivity index (χ1n) is 11.2. The first-order valence-corrected chi connectivity index (χ1v) is 5.25. The molecule has 0 aliphatic rings. The maximum absolute atomic E-state index is 7.69. The van der Waals surface area contributed by atoms with Crippen LogP contribution in [0.4, 0.5) is 11.4 Å². The molecule has 0 unspecified atom stereocenters.